The Morgan fingerprint density at radius 3 is 2.03 bits per heavy atom. The topological polar surface area (TPSA) is 109 Å². The fraction of sp³-hybridized carbons (Fsp3) is 0.286. The molecule has 9 nitrogen and oxygen atoms in total. The van der Waals surface area contributed by atoms with Crippen LogP contribution in [-0.2, 0) is 14.3 Å². The van der Waals surface area contributed by atoms with Crippen LogP contribution in [0.3, 0.4) is 0 Å². The summed E-state index contributed by atoms with van der Waals surface area (Å²) in [6.07, 6.45) is 0. The van der Waals surface area contributed by atoms with Gasteiger partial charge in [0.05, 0.1) is 39.2 Å². The van der Waals surface area contributed by atoms with E-state index in [1.807, 2.05) is 0 Å². The monoisotopic (exact) mass is 417 g/mol. The maximum absolute atomic E-state index is 12.5. The first-order valence-electron chi connectivity index (χ1n) is 8.98. The number of benzene rings is 2. The van der Waals surface area contributed by atoms with Crippen LogP contribution < -0.4 is 19.5 Å². The average molecular weight is 417 g/mol. The number of amides is 1. The Morgan fingerprint density at radius 2 is 1.40 bits per heavy atom. The molecule has 2 rings (SSSR count). The van der Waals surface area contributed by atoms with Gasteiger partial charge in [-0.15, -0.1) is 0 Å². The van der Waals surface area contributed by atoms with Gasteiger partial charge in [-0.2, -0.15) is 0 Å². The van der Waals surface area contributed by atoms with Gasteiger partial charge in [-0.3, -0.25) is 4.79 Å². The molecule has 30 heavy (non-hydrogen) atoms. The quantitative estimate of drug-likeness (QED) is 0.620. The molecule has 0 atom stereocenters. The Labute approximate surface area is 173 Å². The molecule has 0 heterocycles. The van der Waals surface area contributed by atoms with E-state index in [4.69, 9.17) is 23.7 Å². The first kappa shape index (κ1) is 22.5. The maximum atomic E-state index is 12.5. The average Bonchev–Trinajstić information content (AvgIpc) is 2.76. The third kappa shape index (κ3) is 5.40. The Hall–Kier alpha value is -3.75. The highest BCUT2D eigenvalue weighted by molar-refractivity contribution is 6.02. The van der Waals surface area contributed by atoms with Gasteiger partial charge in [-0.25, -0.2) is 9.59 Å². The summed E-state index contributed by atoms with van der Waals surface area (Å²) in [7, 11) is 4.26. The largest absolute Gasteiger partial charge is 0.496 e. The molecule has 2 aromatic rings. The van der Waals surface area contributed by atoms with Gasteiger partial charge in [0.1, 0.15) is 11.3 Å². The molecule has 0 bridgehead atoms. The second kappa shape index (κ2) is 10.7. The lowest BCUT2D eigenvalue weighted by Gasteiger charge is -2.14. The highest BCUT2D eigenvalue weighted by Crippen LogP contribution is 2.34. The lowest BCUT2D eigenvalue weighted by molar-refractivity contribution is -0.119. The number of ether oxygens (including phenoxy) is 5. The van der Waals surface area contributed by atoms with Crippen molar-refractivity contribution in [3.63, 3.8) is 0 Å². The molecule has 0 fully saturated rings. The predicted molar refractivity (Wildman–Crippen MR) is 107 cm³/mol. The lowest BCUT2D eigenvalue weighted by atomic mass is 10.1. The fourth-order valence-corrected chi connectivity index (χ4v) is 2.56. The van der Waals surface area contributed by atoms with Crippen LogP contribution in [0.25, 0.3) is 0 Å². The van der Waals surface area contributed by atoms with E-state index >= 15 is 0 Å². The van der Waals surface area contributed by atoms with E-state index in [-0.39, 0.29) is 29.2 Å². The van der Waals surface area contributed by atoms with Crippen LogP contribution in [0.5, 0.6) is 17.2 Å². The molecule has 0 spiro atoms. The number of anilines is 1. The Balaban J connectivity index is 2.09. The molecular weight excluding hydrogens is 394 g/mol. The lowest BCUT2D eigenvalue weighted by Crippen LogP contribution is -2.22. The van der Waals surface area contributed by atoms with Gasteiger partial charge < -0.3 is 29.0 Å². The molecule has 0 unspecified atom stereocenters. The summed E-state index contributed by atoms with van der Waals surface area (Å²) in [5.41, 5.74) is 0.510. The van der Waals surface area contributed by atoms with E-state index in [9.17, 15) is 14.4 Å². The van der Waals surface area contributed by atoms with Crippen LogP contribution in [0.1, 0.15) is 27.6 Å². The molecule has 0 aliphatic carbocycles. The van der Waals surface area contributed by atoms with Crippen molar-refractivity contribution >= 4 is 23.5 Å². The second-order valence-corrected chi connectivity index (χ2v) is 5.80. The number of carbonyl (C=O) groups is 3. The normalized spacial score (nSPS) is 10.0. The highest BCUT2D eigenvalue weighted by Gasteiger charge is 2.20. The molecule has 9 heteroatoms. The van der Waals surface area contributed by atoms with Gasteiger partial charge in [-0.05, 0) is 19.1 Å². The number of carbonyl (C=O) groups excluding carboxylic acids is 3. The van der Waals surface area contributed by atoms with Crippen LogP contribution in [0.15, 0.2) is 36.4 Å². The fourth-order valence-electron chi connectivity index (χ4n) is 2.56. The first-order valence-corrected chi connectivity index (χ1v) is 8.98. The minimum atomic E-state index is -0.790. The minimum absolute atomic E-state index is 0.0647. The zero-order valence-electron chi connectivity index (χ0n) is 17.1. The summed E-state index contributed by atoms with van der Waals surface area (Å²) >= 11 is 0. The zero-order chi connectivity index (χ0) is 22.1. The molecule has 160 valence electrons. The number of rotatable bonds is 9. The summed E-state index contributed by atoms with van der Waals surface area (Å²) in [4.78, 5) is 36.7. The minimum Gasteiger partial charge on any atom is -0.496 e. The molecule has 2 aromatic carbocycles. The van der Waals surface area contributed by atoms with Crippen LogP contribution >= 0.6 is 0 Å². The molecular formula is C21H23NO8. The predicted octanol–water partition coefficient (Wildman–Crippen LogP) is 2.68. The number of esters is 2. The van der Waals surface area contributed by atoms with Gasteiger partial charge in [0.2, 0.25) is 0 Å². The van der Waals surface area contributed by atoms with E-state index in [0.29, 0.717) is 11.5 Å². The summed E-state index contributed by atoms with van der Waals surface area (Å²) in [5.74, 6) is -1.11. The van der Waals surface area contributed by atoms with Crippen LogP contribution in [0.2, 0.25) is 0 Å². The molecule has 0 saturated heterocycles. The van der Waals surface area contributed by atoms with Crippen molar-refractivity contribution in [2.24, 2.45) is 0 Å². The number of nitrogens with one attached hydrogen (secondary N) is 1. The van der Waals surface area contributed by atoms with E-state index in [1.165, 1.54) is 39.5 Å². The number of para-hydroxylation sites is 1. The highest BCUT2D eigenvalue weighted by atomic mass is 16.5. The van der Waals surface area contributed by atoms with Gasteiger partial charge in [0.25, 0.3) is 5.91 Å². The summed E-state index contributed by atoms with van der Waals surface area (Å²) < 4.78 is 25.6. The SMILES string of the molecule is CCOC(=O)c1ccccc1NC(=O)COC(=O)c1cc(OC)c(OC)cc1OC. The number of hydrogen-bond donors (Lipinski definition) is 1. The van der Waals surface area contributed by atoms with Crippen LogP contribution in [0, 0.1) is 0 Å². The Bertz CT molecular complexity index is 925. The van der Waals surface area contributed by atoms with Crippen molar-refractivity contribution in [1.82, 2.24) is 0 Å². The van der Waals surface area contributed by atoms with Gasteiger partial charge in [0, 0.05) is 12.1 Å². The summed E-state index contributed by atoms with van der Waals surface area (Å²) in [6.45, 7) is 1.31. The Kier molecular flexibility index (Phi) is 8.04. The van der Waals surface area contributed by atoms with Crippen molar-refractivity contribution in [3.8, 4) is 17.2 Å². The molecule has 0 aliphatic rings. The van der Waals surface area contributed by atoms with Crippen molar-refractivity contribution in [2.45, 2.75) is 6.92 Å². The van der Waals surface area contributed by atoms with E-state index in [1.54, 1.807) is 25.1 Å². The summed E-state index contributed by atoms with van der Waals surface area (Å²) in [6, 6.07) is 9.24. The molecule has 0 radical (unpaired) electrons. The third-order valence-corrected chi connectivity index (χ3v) is 3.96. The molecule has 1 amide bonds. The molecule has 0 aromatic heterocycles. The molecule has 0 aliphatic heterocycles. The van der Waals surface area contributed by atoms with E-state index < -0.39 is 24.5 Å². The van der Waals surface area contributed by atoms with Crippen LogP contribution in [-0.4, -0.2) is 52.4 Å². The van der Waals surface area contributed by atoms with E-state index in [0.717, 1.165) is 0 Å². The van der Waals surface area contributed by atoms with Gasteiger partial charge >= 0.3 is 11.9 Å². The van der Waals surface area contributed by atoms with Crippen molar-refractivity contribution < 1.29 is 38.1 Å². The smallest absolute Gasteiger partial charge is 0.342 e. The number of methoxy groups -OCH3 is 3. The number of hydrogen-bond acceptors (Lipinski definition) is 8. The molecule has 1 N–H and O–H groups in total. The summed E-state index contributed by atoms with van der Waals surface area (Å²) in [5, 5.41) is 2.53. The Morgan fingerprint density at radius 1 is 0.800 bits per heavy atom. The van der Waals surface area contributed by atoms with Gasteiger partial charge in [-0.1, -0.05) is 12.1 Å². The third-order valence-electron chi connectivity index (χ3n) is 3.96. The molecule has 0 saturated carbocycles. The second-order valence-electron chi connectivity index (χ2n) is 5.80. The van der Waals surface area contributed by atoms with Crippen molar-refractivity contribution in [2.75, 3.05) is 39.9 Å². The van der Waals surface area contributed by atoms with Crippen molar-refractivity contribution in [3.05, 3.63) is 47.5 Å². The van der Waals surface area contributed by atoms with Crippen LogP contribution in [0.4, 0.5) is 5.69 Å². The van der Waals surface area contributed by atoms with E-state index in [2.05, 4.69) is 5.32 Å². The standard InChI is InChI=1S/C21H23NO8/c1-5-29-20(24)13-8-6-7-9-15(13)22-19(23)12-30-21(25)14-10-17(27-3)18(28-4)11-16(14)26-2/h6-11H,5,12H2,1-4H3,(H,22,23). The van der Waals surface area contributed by atoms with Gasteiger partial charge in [0.15, 0.2) is 18.1 Å². The van der Waals surface area contributed by atoms with Crippen molar-refractivity contribution in [1.29, 1.82) is 0 Å². The zero-order valence-corrected chi connectivity index (χ0v) is 17.1. The maximum Gasteiger partial charge on any atom is 0.342 e. The first-order chi connectivity index (χ1) is 14.4.